The first-order valence-electron chi connectivity index (χ1n) is 4.49. The van der Waals surface area contributed by atoms with Crippen LogP contribution in [0.2, 0.25) is 0 Å². The number of nitrogens with one attached hydrogen (secondary N) is 2. The number of carboxylic acid groups (broad SMARTS) is 1. The van der Waals surface area contributed by atoms with E-state index in [1.54, 1.807) is 7.05 Å². The molecule has 0 unspecified atom stereocenters. The second-order valence-corrected chi connectivity index (χ2v) is 3.13. The van der Waals surface area contributed by atoms with Gasteiger partial charge in [0.05, 0.1) is 6.54 Å². The van der Waals surface area contributed by atoms with Gasteiger partial charge in [0.1, 0.15) is 5.82 Å². The van der Waals surface area contributed by atoms with Gasteiger partial charge < -0.3 is 15.7 Å². The second kappa shape index (κ2) is 3.60. The summed E-state index contributed by atoms with van der Waals surface area (Å²) in [4.78, 5) is 14.8. The lowest BCUT2D eigenvalue weighted by Gasteiger charge is -2.05. The summed E-state index contributed by atoms with van der Waals surface area (Å²) in [6, 6.07) is 1.46. The fourth-order valence-electron chi connectivity index (χ4n) is 1.29. The van der Waals surface area contributed by atoms with Crippen molar-refractivity contribution < 1.29 is 9.90 Å². The van der Waals surface area contributed by atoms with Gasteiger partial charge in [-0.3, -0.25) is 9.67 Å². The molecule has 0 atom stereocenters. The summed E-state index contributed by atoms with van der Waals surface area (Å²) >= 11 is 0. The van der Waals surface area contributed by atoms with Crippen molar-refractivity contribution in [2.75, 3.05) is 18.4 Å². The van der Waals surface area contributed by atoms with Crippen LogP contribution in [0.15, 0.2) is 11.1 Å². The van der Waals surface area contributed by atoms with E-state index in [1.165, 1.54) is 10.7 Å². The lowest BCUT2D eigenvalue weighted by Crippen LogP contribution is -2.27. The van der Waals surface area contributed by atoms with E-state index in [-0.39, 0.29) is 5.69 Å². The minimum Gasteiger partial charge on any atom is -0.476 e. The summed E-state index contributed by atoms with van der Waals surface area (Å²) in [7, 11) is 1.67. The van der Waals surface area contributed by atoms with Crippen molar-refractivity contribution in [2.24, 2.45) is 12.0 Å². The van der Waals surface area contributed by atoms with Crippen molar-refractivity contribution in [2.45, 2.75) is 0 Å². The normalized spacial score (nSPS) is 14.6. The summed E-state index contributed by atoms with van der Waals surface area (Å²) in [6.07, 6.45) is 0. The quantitative estimate of drug-likeness (QED) is 0.610. The average molecular weight is 209 g/mol. The summed E-state index contributed by atoms with van der Waals surface area (Å²) in [5.74, 6) is 0.204. The summed E-state index contributed by atoms with van der Waals surface area (Å²) in [5, 5.41) is 18.5. The molecular weight excluding hydrogens is 198 g/mol. The Kier molecular flexibility index (Phi) is 2.28. The van der Waals surface area contributed by atoms with Crippen LogP contribution in [0.1, 0.15) is 10.5 Å². The molecule has 2 heterocycles. The molecular formula is C8H11N5O2. The van der Waals surface area contributed by atoms with Crippen molar-refractivity contribution in [3.05, 3.63) is 11.8 Å². The van der Waals surface area contributed by atoms with Crippen molar-refractivity contribution in [1.29, 1.82) is 0 Å². The molecule has 1 aromatic rings. The molecule has 7 heteroatoms. The number of aromatic nitrogens is 2. The van der Waals surface area contributed by atoms with Crippen LogP contribution in [0.5, 0.6) is 0 Å². The highest BCUT2D eigenvalue weighted by atomic mass is 16.4. The van der Waals surface area contributed by atoms with Gasteiger partial charge in [-0.25, -0.2) is 4.79 Å². The molecule has 0 aliphatic carbocycles. The fourth-order valence-corrected chi connectivity index (χ4v) is 1.29. The Labute approximate surface area is 85.8 Å². The fraction of sp³-hybridized carbons (Fsp3) is 0.375. The number of aryl methyl sites for hydroxylation is 1. The molecule has 0 saturated heterocycles. The Bertz CT molecular complexity index is 423. The largest absolute Gasteiger partial charge is 0.476 e. The maximum atomic E-state index is 10.7. The Balaban J connectivity index is 2.17. The maximum Gasteiger partial charge on any atom is 0.356 e. The minimum atomic E-state index is -1.04. The molecule has 0 aromatic carbocycles. The number of carbonyl (C=O) groups is 1. The highest BCUT2D eigenvalue weighted by molar-refractivity contribution is 5.95. The number of hydrogen-bond donors (Lipinski definition) is 3. The van der Waals surface area contributed by atoms with Crippen molar-refractivity contribution in [1.82, 2.24) is 15.1 Å². The molecule has 1 aliphatic heterocycles. The highest BCUT2D eigenvalue weighted by Crippen LogP contribution is 2.09. The van der Waals surface area contributed by atoms with E-state index in [1.807, 2.05) is 0 Å². The lowest BCUT2D eigenvalue weighted by molar-refractivity contribution is 0.0689. The van der Waals surface area contributed by atoms with Gasteiger partial charge >= 0.3 is 5.97 Å². The predicted molar refractivity (Wildman–Crippen MR) is 54.1 cm³/mol. The van der Waals surface area contributed by atoms with Crippen LogP contribution >= 0.6 is 0 Å². The van der Waals surface area contributed by atoms with E-state index in [2.05, 4.69) is 20.7 Å². The van der Waals surface area contributed by atoms with E-state index in [0.29, 0.717) is 11.8 Å². The van der Waals surface area contributed by atoms with Crippen molar-refractivity contribution >= 4 is 17.7 Å². The van der Waals surface area contributed by atoms with Gasteiger partial charge in [-0.05, 0) is 0 Å². The minimum absolute atomic E-state index is 0.0126. The second-order valence-electron chi connectivity index (χ2n) is 3.13. The molecule has 0 radical (unpaired) electrons. The predicted octanol–water partition coefficient (Wildman–Crippen LogP) is -0.511. The van der Waals surface area contributed by atoms with E-state index in [4.69, 9.17) is 5.11 Å². The van der Waals surface area contributed by atoms with Gasteiger partial charge in [0.2, 0.25) is 0 Å². The van der Waals surface area contributed by atoms with Gasteiger partial charge in [0, 0.05) is 19.7 Å². The maximum absolute atomic E-state index is 10.7. The number of nitrogens with zero attached hydrogens (tertiary/aromatic N) is 3. The van der Waals surface area contributed by atoms with Gasteiger partial charge in [-0.1, -0.05) is 0 Å². The lowest BCUT2D eigenvalue weighted by atomic mass is 10.4. The van der Waals surface area contributed by atoms with Crippen LogP contribution in [0.3, 0.4) is 0 Å². The zero-order valence-corrected chi connectivity index (χ0v) is 8.19. The standard InChI is InChI=1S/C8H11N5O2/c1-13-6(4-5(12-13)7(14)15)11-8-9-2-3-10-8/h4H,2-3H2,1H3,(H,14,15)(H2,9,10,11). The Morgan fingerprint density at radius 2 is 2.53 bits per heavy atom. The summed E-state index contributed by atoms with van der Waals surface area (Å²) < 4.78 is 1.46. The molecule has 1 aliphatic rings. The SMILES string of the molecule is Cn1nc(C(=O)O)cc1NC1=NCCN1. The van der Waals surface area contributed by atoms with E-state index in [9.17, 15) is 4.79 Å². The van der Waals surface area contributed by atoms with Gasteiger partial charge in [-0.2, -0.15) is 5.10 Å². The van der Waals surface area contributed by atoms with E-state index < -0.39 is 5.97 Å². The smallest absolute Gasteiger partial charge is 0.356 e. The monoisotopic (exact) mass is 209 g/mol. The van der Waals surface area contributed by atoms with E-state index in [0.717, 1.165) is 13.1 Å². The number of aromatic carboxylic acids is 1. The number of carboxylic acids is 1. The third-order valence-electron chi connectivity index (χ3n) is 2.02. The van der Waals surface area contributed by atoms with Crippen LogP contribution in [-0.2, 0) is 7.05 Å². The molecule has 0 saturated carbocycles. The highest BCUT2D eigenvalue weighted by Gasteiger charge is 2.13. The van der Waals surface area contributed by atoms with Crippen molar-refractivity contribution in [3.63, 3.8) is 0 Å². The van der Waals surface area contributed by atoms with Gasteiger partial charge in [-0.15, -0.1) is 0 Å². The van der Waals surface area contributed by atoms with Crippen LogP contribution in [0.25, 0.3) is 0 Å². The Morgan fingerprint density at radius 1 is 1.73 bits per heavy atom. The number of anilines is 1. The number of aliphatic imine (C=N–C) groups is 1. The van der Waals surface area contributed by atoms with Gasteiger partial charge in [0.15, 0.2) is 11.7 Å². The van der Waals surface area contributed by atoms with Crippen LogP contribution in [0, 0.1) is 0 Å². The van der Waals surface area contributed by atoms with Crippen LogP contribution in [-0.4, -0.2) is 39.9 Å². The Hall–Kier alpha value is -2.05. The number of hydrogen-bond acceptors (Lipinski definition) is 5. The summed E-state index contributed by atoms with van der Waals surface area (Å²) in [6.45, 7) is 1.53. The molecule has 0 bridgehead atoms. The third-order valence-corrected chi connectivity index (χ3v) is 2.02. The molecule has 7 nitrogen and oxygen atoms in total. The zero-order valence-electron chi connectivity index (χ0n) is 8.19. The third kappa shape index (κ3) is 1.90. The van der Waals surface area contributed by atoms with Crippen LogP contribution in [0.4, 0.5) is 5.82 Å². The first kappa shape index (κ1) is 9.50. The molecule has 0 amide bonds. The molecule has 15 heavy (non-hydrogen) atoms. The van der Waals surface area contributed by atoms with Crippen molar-refractivity contribution in [3.8, 4) is 0 Å². The Morgan fingerprint density at radius 3 is 3.07 bits per heavy atom. The first-order valence-corrected chi connectivity index (χ1v) is 4.49. The van der Waals surface area contributed by atoms with E-state index >= 15 is 0 Å². The average Bonchev–Trinajstić information content (AvgIpc) is 2.77. The summed E-state index contributed by atoms with van der Waals surface area (Å²) in [5.41, 5.74) is 0.0126. The van der Waals surface area contributed by atoms with Gasteiger partial charge in [0.25, 0.3) is 0 Å². The molecule has 3 N–H and O–H groups in total. The zero-order chi connectivity index (χ0) is 10.8. The molecule has 2 rings (SSSR count). The number of guanidine groups is 1. The molecule has 80 valence electrons. The molecule has 1 aromatic heterocycles. The van der Waals surface area contributed by atoms with Crippen LogP contribution < -0.4 is 10.6 Å². The number of rotatable bonds is 2. The first-order chi connectivity index (χ1) is 7.16. The topological polar surface area (TPSA) is 91.5 Å². The molecule has 0 spiro atoms. The molecule has 0 fully saturated rings.